The van der Waals surface area contributed by atoms with Crippen molar-refractivity contribution in [3.05, 3.63) is 69.2 Å². The standard InChI is InChI=1S/C27H26N2O8S/c1-6-37-26(34)24-14(3)28-27(38-24)29-21(15-7-9-17(30)19(12-15)36-5)20(23(32)25(29)33)22(31)16-8-10-18(35-4)13(2)11-16/h7-12,21,30-31H,6H2,1-5H3/b22-20+/t21-/m1/s1. The van der Waals surface area contributed by atoms with Crippen LogP contribution in [0.15, 0.2) is 42.0 Å². The summed E-state index contributed by atoms with van der Waals surface area (Å²) in [6.07, 6.45) is 0. The van der Waals surface area contributed by atoms with E-state index in [2.05, 4.69) is 4.98 Å². The first-order valence-corrected chi connectivity index (χ1v) is 12.4. The highest BCUT2D eigenvalue weighted by molar-refractivity contribution is 7.17. The third-order valence-electron chi connectivity index (χ3n) is 6.08. The van der Waals surface area contributed by atoms with Gasteiger partial charge in [0.25, 0.3) is 5.78 Å². The molecule has 3 aromatic rings. The van der Waals surface area contributed by atoms with E-state index in [1.54, 1.807) is 39.0 Å². The minimum atomic E-state index is -1.13. The van der Waals surface area contributed by atoms with Crippen LogP contribution in [0.5, 0.6) is 17.2 Å². The van der Waals surface area contributed by atoms with Crippen molar-refractivity contribution >= 4 is 39.9 Å². The Labute approximate surface area is 222 Å². The maximum absolute atomic E-state index is 13.4. The number of hydrogen-bond donors (Lipinski definition) is 2. The van der Waals surface area contributed by atoms with Gasteiger partial charge in [0.2, 0.25) is 0 Å². The summed E-state index contributed by atoms with van der Waals surface area (Å²) in [5.41, 5.74) is 1.54. The maximum Gasteiger partial charge on any atom is 0.350 e. The topological polar surface area (TPSA) is 135 Å². The Morgan fingerprint density at radius 3 is 2.42 bits per heavy atom. The molecular formula is C27H26N2O8S. The fourth-order valence-corrected chi connectivity index (χ4v) is 5.25. The molecule has 4 rings (SSSR count). The molecule has 1 amide bonds. The molecule has 1 aromatic heterocycles. The zero-order valence-electron chi connectivity index (χ0n) is 21.4. The zero-order chi connectivity index (χ0) is 27.7. The van der Waals surface area contributed by atoms with Gasteiger partial charge in [0, 0.05) is 5.56 Å². The molecule has 2 aromatic carbocycles. The lowest BCUT2D eigenvalue weighted by molar-refractivity contribution is -0.132. The van der Waals surface area contributed by atoms with Crippen LogP contribution >= 0.6 is 11.3 Å². The lowest BCUT2D eigenvalue weighted by atomic mass is 9.94. The van der Waals surface area contributed by atoms with Crippen LogP contribution in [-0.4, -0.2) is 53.7 Å². The van der Waals surface area contributed by atoms with Gasteiger partial charge in [-0.25, -0.2) is 9.78 Å². The lowest BCUT2D eigenvalue weighted by Crippen LogP contribution is -2.29. The van der Waals surface area contributed by atoms with E-state index in [1.165, 1.54) is 32.4 Å². The number of methoxy groups -OCH3 is 2. The monoisotopic (exact) mass is 538 g/mol. The van der Waals surface area contributed by atoms with Crippen molar-refractivity contribution in [3.63, 3.8) is 0 Å². The fourth-order valence-electron chi connectivity index (χ4n) is 4.26. The molecule has 0 saturated carbocycles. The van der Waals surface area contributed by atoms with Crippen molar-refractivity contribution in [2.75, 3.05) is 25.7 Å². The molecular weight excluding hydrogens is 512 g/mol. The molecule has 0 spiro atoms. The lowest BCUT2D eigenvalue weighted by Gasteiger charge is -2.23. The van der Waals surface area contributed by atoms with Gasteiger partial charge in [0.15, 0.2) is 16.6 Å². The quantitative estimate of drug-likeness (QED) is 0.195. The van der Waals surface area contributed by atoms with Crippen LogP contribution in [0.1, 0.15) is 45.0 Å². The molecule has 1 aliphatic rings. The van der Waals surface area contributed by atoms with E-state index in [-0.39, 0.29) is 33.7 Å². The molecule has 0 unspecified atom stereocenters. The van der Waals surface area contributed by atoms with Crippen LogP contribution in [0.3, 0.4) is 0 Å². The number of phenols is 1. The Morgan fingerprint density at radius 1 is 1.08 bits per heavy atom. The first-order valence-electron chi connectivity index (χ1n) is 11.6. The summed E-state index contributed by atoms with van der Waals surface area (Å²) < 4.78 is 15.6. The third kappa shape index (κ3) is 4.56. The van der Waals surface area contributed by atoms with Crippen molar-refractivity contribution in [1.29, 1.82) is 0 Å². The average Bonchev–Trinajstić information content (AvgIpc) is 3.40. The predicted molar refractivity (Wildman–Crippen MR) is 140 cm³/mol. The number of benzene rings is 2. The zero-order valence-corrected chi connectivity index (χ0v) is 22.2. The van der Waals surface area contributed by atoms with Crippen LogP contribution in [0.2, 0.25) is 0 Å². The van der Waals surface area contributed by atoms with Gasteiger partial charge >= 0.3 is 11.9 Å². The second-order valence-electron chi connectivity index (χ2n) is 8.42. The molecule has 2 N–H and O–H groups in total. The summed E-state index contributed by atoms with van der Waals surface area (Å²) in [6.45, 7) is 5.21. The highest BCUT2D eigenvalue weighted by Gasteiger charge is 2.48. The van der Waals surface area contributed by atoms with Gasteiger partial charge in [-0.15, -0.1) is 0 Å². The smallest absolute Gasteiger partial charge is 0.350 e. The molecule has 198 valence electrons. The molecule has 10 nitrogen and oxygen atoms in total. The number of aliphatic hydroxyl groups excluding tert-OH is 1. The molecule has 2 heterocycles. The number of thiazole rings is 1. The third-order valence-corrected chi connectivity index (χ3v) is 7.22. The van der Waals surface area contributed by atoms with Gasteiger partial charge < -0.3 is 24.4 Å². The number of aliphatic hydroxyl groups is 1. The SMILES string of the molecule is CCOC(=O)c1sc(N2C(=O)C(=O)/C(=C(/O)c3ccc(OC)c(C)c3)[C@H]2c2ccc(O)c(OC)c2)nc1C. The Kier molecular flexibility index (Phi) is 7.40. The Balaban J connectivity index is 1.95. The second kappa shape index (κ2) is 10.5. The largest absolute Gasteiger partial charge is 0.507 e. The molecule has 1 aliphatic heterocycles. The minimum absolute atomic E-state index is 0.0784. The van der Waals surface area contributed by atoms with E-state index in [0.29, 0.717) is 28.1 Å². The number of carbonyl (C=O) groups is 3. The van der Waals surface area contributed by atoms with Crippen LogP contribution in [0.25, 0.3) is 5.76 Å². The van der Waals surface area contributed by atoms with E-state index in [4.69, 9.17) is 14.2 Å². The van der Waals surface area contributed by atoms with E-state index >= 15 is 0 Å². The van der Waals surface area contributed by atoms with Gasteiger partial charge in [-0.1, -0.05) is 17.4 Å². The van der Waals surface area contributed by atoms with Gasteiger partial charge in [0.1, 0.15) is 16.4 Å². The highest BCUT2D eigenvalue weighted by Crippen LogP contribution is 2.45. The number of aryl methyl sites for hydroxylation is 2. The van der Waals surface area contributed by atoms with Crippen LogP contribution in [-0.2, 0) is 14.3 Å². The average molecular weight is 539 g/mol. The first-order chi connectivity index (χ1) is 18.1. The number of ketones is 1. The summed E-state index contributed by atoms with van der Waals surface area (Å²) in [6, 6.07) is 8.08. The number of anilines is 1. The Bertz CT molecular complexity index is 1480. The van der Waals surface area contributed by atoms with Gasteiger partial charge in [-0.05, 0) is 62.2 Å². The molecule has 1 fully saturated rings. The number of aromatic nitrogens is 1. The summed E-state index contributed by atoms with van der Waals surface area (Å²) >= 11 is 0.905. The van der Waals surface area contributed by atoms with E-state index in [1.807, 2.05) is 0 Å². The van der Waals surface area contributed by atoms with E-state index in [0.717, 1.165) is 16.2 Å². The van der Waals surface area contributed by atoms with Crippen molar-refractivity contribution in [3.8, 4) is 17.2 Å². The van der Waals surface area contributed by atoms with Crippen molar-refractivity contribution in [2.24, 2.45) is 0 Å². The molecule has 38 heavy (non-hydrogen) atoms. The number of Topliss-reactive ketones (excluding diaryl/α,β-unsaturated/α-hetero) is 1. The van der Waals surface area contributed by atoms with Crippen molar-refractivity contribution in [2.45, 2.75) is 26.8 Å². The second-order valence-corrected chi connectivity index (χ2v) is 9.39. The van der Waals surface area contributed by atoms with Crippen molar-refractivity contribution < 1.29 is 38.8 Å². The highest BCUT2D eigenvalue weighted by atomic mass is 32.1. The van der Waals surface area contributed by atoms with Gasteiger partial charge in [-0.2, -0.15) is 0 Å². The molecule has 11 heteroatoms. The number of ether oxygens (including phenoxy) is 3. The number of esters is 1. The molecule has 1 saturated heterocycles. The molecule has 0 bridgehead atoms. The number of hydrogen-bond acceptors (Lipinski definition) is 10. The molecule has 1 atom stereocenters. The van der Waals surface area contributed by atoms with Crippen molar-refractivity contribution in [1.82, 2.24) is 4.98 Å². The van der Waals surface area contributed by atoms with Gasteiger partial charge in [0.05, 0.1) is 38.1 Å². The normalized spacial score (nSPS) is 16.6. The Morgan fingerprint density at radius 2 is 1.79 bits per heavy atom. The number of phenolic OH excluding ortho intramolecular Hbond substituents is 1. The van der Waals surface area contributed by atoms with Crippen LogP contribution in [0, 0.1) is 13.8 Å². The van der Waals surface area contributed by atoms with Crippen LogP contribution < -0.4 is 14.4 Å². The summed E-state index contributed by atoms with van der Waals surface area (Å²) in [4.78, 5) is 45.0. The van der Waals surface area contributed by atoms with Crippen LogP contribution in [0.4, 0.5) is 5.13 Å². The minimum Gasteiger partial charge on any atom is -0.507 e. The number of nitrogens with zero attached hydrogens (tertiary/aromatic N) is 2. The first kappa shape index (κ1) is 26.7. The van der Waals surface area contributed by atoms with E-state index in [9.17, 15) is 24.6 Å². The summed E-state index contributed by atoms with van der Waals surface area (Å²) in [5, 5.41) is 21.6. The predicted octanol–water partition coefficient (Wildman–Crippen LogP) is 4.29. The number of aromatic hydroxyl groups is 1. The van der Waals surface area contributed by atoms with Gasteiger partial charge in [-0.3, -0.25) is 14.5 Å². The molecule has 0 radical (unpaired) electrons. The maximum atomic E-state index is 13.4. The summed E-state index contributed by atoms with van der Waals surface area (Å²) in [7, 11) is 2.89. The molecule has 0 aliphatic carbocycles. The number of rotatable bonds is 7. The fraction of sp³-hybridized carbons (Fsp3) is 0.259. The summed E-state index contributed by atoms with van der Waals surface area (Å²) in [5.74, 6) is -2.30. The van der Waals surface area contributed by atoms with E-state index < -0.39 is 29.5 Å². The Hall–Kier alpha value is -4.38. The number of carbonyl (C=O) groups excluding carboxylic acids is 3. The number of amides is 1.